The Labute approximate surface area is 83.8 Å². The first kappa shape index (κ1) is 10.2. The van der Waals surface area contributed by atoms with Crippen molar-refractivity contribution in [1.82, 2.24) is 0 Å². The molecule has 0 aliphatic heterocycles. The van der Waals surface area contributed by atoms with Gasteiger partial charge in [0.2, 0.25) is 0 Å². The molecule has 1 rings (SSSR count). The Morgan fingerprint density at radius 3 is 2.62 bits per heavy atom. The Morgan fingerprint density at radius 1 is 1.54 bits per heavy atom. The number of halogens is 2. The number of hydrogen-bond donors (Lipinski definition) is 0. The summed E-state index contributed by atoms with van der Waals surface area (Å²) in [4.78, 5) is 11.1. The van der Waals surface area contributed by atoms with Gasteiger partial charge in [-0.25, -0.2) is 9.18 Å². The lowest BCUT2D eigenvalue weighted by Crippen LogP contribution is -2.05. The van der Waals surface area contributed by atoms with Crippen LogP contribution in [0.5, 0.6) is 0 Å². The van der Waals surface area contributed by atoms with Gasteiger partial charge in [-0.2, -0.15) is 0 Å². The SMILES string of the molecule is COC(=O)c1c(F)cc(C)cc1Br. The first-order valence-electron chi connectivity index (χ1n) is 3.60. The number of ether oxygens (including phenoxy) is 1. The fourth-order valence-electron chi connectivity index (χ4n) is 0.997. The minimum absolute atomic E-state index is 0.0619. The number of benzene rings is 1. The van der Waals surface area contributed by atoms with Crippen LogP contribution in [0.3, 0.4) is 0 Å². The van der Waals surface area contributed by atoms with Crippen molar-refractivity contribution in [3.63, 3.8) is 0 Å². The molecule has 0 aliphatic rings. The lowest BCUT2D eigenvalue weighted by atomic mass is 10.1. The maximum Gasteiger partial charge on any atom is 0.342 e. The van der Waals surface area contributed by atoms with Crippen molar-refractivity contribution in [2.75, 3.05) is 7.11 Å². The third-order valence-corrected chi connectivity index (χ3v) is 2.20. The summed E-state index contributed by atoms with van der Waals surface area (Å²) in [6.45, 7) is 1.74. The molecule has 0 saturated heterocycles. The van der Waals surface area contributed by atoms with E-state index in [4.69, 9.17) is 0 Å². The number of carbonyl (C=O) groups is 1. The number of rotatable bonds is 1. The molecular formula is C9H8BrFO2. The second-order valence-corrected chi connectivity index (χ2v) is 3.45. The van der Waals surface area contributed by atoms with E-state index >= 15 is 0 Å². The summed E-state index contributed by atoms with van der Waals surface area (Å²) in [5, 5.41) is 0. The van der Waals surface area contributed by atoms with Gasteiger partial charge in [0.25, 0.3) is 0 Å². The van der Waals surface area contributed by atoms with E-state index in [2.05, 4.69) is 20.7 Å². The molecule has 0 saturated carbocycles. The molecule has 4 heteroatoms. The predicted molar refractivity (Wildman–Crippen MR) is 50.2 cm³/mol. The van der Waals surface area contributed by atoms with Gasteiger partial charge in [-0.1, -0.05) is 0 Å². The Hall–Kier alpha value is -0.900. The van der Waals surface area contributed by atoms with E-state index < -0.39 is 11.8 Å². The highest BCUT2D eigenvalue weighted by Gasteiger charge is 2.16. The smallest absolute Gasteiger partial charge is 0.342 e. The largest absolute Gasteiger partial charge is 0.465 e. The fourth-order valence-corrected chi connectivity index (χ4v) is 1.71. The Kier molecular flexibility index (Phi) is 3.03. The molecule has 0 radical (unpaired) electrons. The van der Waals surface area contributed by atoms with Crippen LogP contribution in [0, 0.1) is 12.7 Å². The minimum atomic E-state index is -0.677. The highest BCUT2D eigenvalue weighted by Crippen LogP contribution is 2.22. The maximum atomic E-state index is 13.2. The number of carbonyl (C=O) groups excluding carboxylic acids is 1. The van der Waals surface area contributed by atoms with E-state index in [9.17, 15) is 9.18 Å². The molecule has 0 N–H and O–H groups in total. The number of aryl methyl sites for hydroxylation is 1. The zero-order valence-electron chi connectivity index (χ0n) is 7.23. The minimum Gasteiger partial charge on any atom is -0.465 e. The van der Waals surface area contributed by atoms with Crippen LogP contribution in [-0.4, -0.2) is 13.1 Å². The number of methoxy groups -OCH3 is 1. The van der Waals surface area contributed by atoms with Crippen molar-refractivity contribution in [3.05, 3.63) is 33.5 Å². The average molecular weight is 247 g/mol. The second kappa shape index (κ2) is 3.87. The van der Waals surface area contributed by atoms with Crippen LogP contribution in [0.25, 0.3) is 0 Å². The summed E-state index contributed by atoms with van der Waals surface area (Å²) in [5.41, 5.74) is 0.685. The van der Waals surface area contributed by atoms with Gasteiger partial charge in [-0.05, 0) is 40.5 Å². The topological polar surface area (TPSA) is 26.3 Å². The molecule has 0 fully saturated rings. The van der Waals surface area contributed by atoms with Crippen LogP contribution < -0.4 is 0 Å². The van der Waals surface area contributed by atoms with Crippen LogP contribution in [0.1, 0.15) is 15.9 Å². The molecule has 0 atom stereocenters. The second-order valence-electron chi connectivity index (χ2n) is 2.60. The van der Waals surface area contributed by atoms with Crippen LogP contribution in [0.2, 0.25) is 0 Å². The summed E-state index contributed by atoms with van der Waals surface area (Å²) in [6, 6.07) is 2.95. The molecule has 1 aromatic carbocycles. The van der Waals surface area contributed by atoms with Crippen molar-refractivity contribution in [2.24, 2.45) is 0 Å². The fraction of sp³-hybridized carbons (Fsp3) is 0.222. The van der Waals surface area contributed by atoms with Crippen LogP contribution in [0.15, 0.2) is 16.6 Å². The van der Waals surface area contributed by atoms with E-state index in [-0.39, 0.29) is 5.56 Å². The molecule has 0 aromatic heterocycles. The van der Waals surface area contributed by atoms with Gasteiger partial charge in [-0.15, -0.1) is 0 Å². The third kappa shape index (κ3) is 2.06. The van der Waals surface area contributed by atoms with Crippen molar-refractivity contribution >= 4 is 21.9 Å². The van der Waals surface area contributed by atoms with E-state index in [1.807, 2.05) is 0 Å². The van der Waals surface area contributed by atoms with Crippen LogP contribution in [-0.2, 0) is 4.74 Å². The molecule has 70 valence electrons. The Morgan fingerprint density at radius 2 is 2.15 bits per heavy atom. The molecule has 0 aliphatic carbocycles. The molecule has 0 heterocycles. The molecular weight excluding hydrogens is 239 g/mol. The van der Waals surface area contributed by atoms with Gasteiger partial charge < -0.3 is 4.74 Å². The predicted octanol–water partition coefficient (Wildman–Crippen LogP) is 2.68. The van der Waals surface area contributed by atoms with Gasteiger partial charge >= 0.3 is 5.97 Å². The van der Waals surface area contributed by atoms with E-state index in [1.54, 1.807) is 13.0 Å². The highest BCUT2D eigenvalue weighted by atomic mass is 79.9. The van der Waals surface area contributed by atoms with Gasteiger partial charge in [0.05, 0.1) is 7.11 Å². The van der Waals surface area contributed by atoms with Gasteiger partial charge in [0, 0.05) is 4.47 Å². The quantitative estimate of drug-likeness (QED) is 0.713. The zero-order valence-corrected chi connectivity index (χ0v) is 8.81. The van der Waals surface area contributed by atoms with Crippen molar-refractivity contribution in [1.29, 1.82) is 0 Å². The highest BCUT2D eigenvalue weighted by molar-refractivity contribution is 9.10. The lowest BCUT2D eigenvalue weighted by molar-refractivity contribution is 0.0594. The normalized spacial score (nSPS) is 9.85. The average Bonchev–Trinajstić information content (AvgIpc) is 2.02. The standard InChI is InChI=1S/C9H8BrFO2/c1-5-3-6(10)8(7(11)4-5)9(12)13-2/h3-4H,1-2H3. The summed E-state index contributed by atoms with van der Waals surface area (Å²) < 4.78 is 18.1. The molecule has 0 unspecified atom stereocenters. The van der Waals surface area contributed by atoms with Crippen molar-refractivity contribution in [2.45, 2.75) is 6.92 Å². The summed E-state index contributed by atoms with van der Waals surface area (Å²) in [6.07, 6.45) is 0. The molecule has 0 spiro atoms. The summed E-state index contributed by atoms with van der Waals surface area (Å²) in [5.74, 6) is -1.25. The van der Waals surface area contributed by atoms with E-state index in [0.29, 0.717) is 4.47 Å². The van der Waals surface area contributed by atoms with Gasteiger partial charge in [-0.3, -0.25) is 0 Å². The molecule has 1 aromatic rings. The van der Waals surface area contributed by atoms with E-state index in [0.717, 1.165) is 5.56 Å². The summed E-state index contributed by atoms with van der Waals surface area (Å²) >= 11 is 3.10. The third-order valence-electron chi connectivity index (χ3n) is 1.58. The lowest BCUT2D eigenvalue weighted by Gasteiger charge is -2.04. The zero-order chi connectivity index (χ0) is 10.0. The van der Waals surface area contributed by atoms with Gasteiger partial charge in [0.1, 0.15) is 11.4 Å². The number of hydrogen-bond acceptors (Lipinski definition) is 2. The van der Waals surface area contributed by atoms with Crippen LogP contribution >= 0.6 is 15.9 Å². The van der Waals surface area contributed by atoms with E-state index in [1.165, 1.54) is 13.2 Å². The van der Waals surface area contributed by atoms with Gasteiger partial charge in [0.15, 0.2) is 0 Å². The molecule has 0 bridgehead atoms. The Bertz CT molecular complexity index is 326. The number of esters is 1. The van der Waals surface area contributed by atoms with Crippen molar-refractivity contribution < 1.29 is 13.9 Å². The molecule has 0 amide bonds. The monoisotopic (exact) mass is 246 g/mol. The first-order valence-corrected chi connectivity index (χ1v) is 4.39. The Balaban J connectivity index is 3.28. The summed E-state index contributed by atoms with van der Waals surface area (Å²) in [7, 11) is 1.22. The van der Waals surface area contributed by atoms with Crippen LogP contribution in [0.4, 0.5) is 4.39 Å². The maximum absolute atomic E-state index is 13.2. The molecule has 2 nitrogen and oxygen atoms in total. The molecule has 13 heavy (non-hydrogen) atoms. The van der Waals surface area contributed by atoms with Crippen molar-refractivity contribution in [3.8, 4) is 0 Å². The first-order chi connectivity index (χ1) is 6.06.